The van der Waals surface area contributed by atoms with Gasteiger partial charge in [0, 0.05) is 39.1 Å². The topological polar surface area (TPSA) is 74.4 Å². The number of hydrogen-bond donors (Lipinski definition) is 2. The number of H-pyrrole nitrogens is 2. The molecule has 8 bridgehead atoms. The van der Waals surface area contributed by atoms with Crippen LogP contribution in [-0.4, -0.2) is 26.7 Å². The molecule has 3 aromatic heterocycles. The number of hydrogen-bond acceptors (Lipinski definition) is 3. The molecule has 5 rings (SSSR count). The predicted octanol–water partition coefficient (Wildman–Crippen LogP) is 4.38. The zero-order chi connectivity index (χ0) is 17.9. The first-order valence-electron chi connectivity index (χ1n) is 8.08. The largest absolute Gasteiger partial charge is 0.545 e. The maximum Gasteiger partial charge on any atom is 0.0659 e. The number of nitrogens with zero attached hydrogens (tertiary/aromatic N) is 2. The maximum atomic E-state index is 7.75. The molecule has 2 aliphatic heterocycles. The van der Waals surface area contributed by atoms with Crippen molar-refractivity contribution in [1.29, 1.82) is 0 Å². The molecule has 5 nitrogen and oxygen atoms in total. The molecular weight excluding hydrogens is 380 g/mol. The van der Waals surface area contributed by atoms with Crippen LogP contribution in [0.15, 0.2) is 48.5 Å². The summed E-state index contributed by atoms with van der Waals surface area (Å²) in [5.41, 5.74) is 7.86. The van der Waals surface area contributed by atoms with Gasteiger partial charge in [0.2, 0.25) is 0 Å². The van der Waals surface area contributed by atoms with Crippen LogP contribution in [0.4, 0.5) is 0 Å². The first-order chi connectivity index (χ1) is 12.8. The Morgan fingerprint density at radius 3 is 1.30 bits per heavy atom. The summed E-state index contributed by atoms with van der Waals surface area (Å²) < 4.78 is 0. The maximum absolute atomic E-state index is 7.75. The number of carbonyl (C=O) groups excluding carboxylic acids is 1. The third-order valence-corrected chi connectivity index (χ3v) is 4.04. The van der Waals surface area contributed by atoms with E-state index in [2.05, 4.69) is 57.1 Å². The second-order valence-corrected chi connectivity index (χ2v) is 5.91. The minimum Gasteiger partial charge on any atom is -0.545 e. The van der Waals surface area contributed by atoms with Crippen LogP contribution in [0, 0.1) is 0 Å². The van der Waals surface area contributed by atoms with Crippen molar-refractivity contribution in [2.45, 2.75) is 0 Å². The van der Waals surface area contributed by atoms with Crippen LogP contribution in [0.1, 0.15) is 22.8 Å². The van der Waals surface area contributed by atoms with Crippen molar-refractivity contribution in [2.24, 2.45) is 0 Å². The average Bonchev–Trinajstić information content (AvgIpc) is 3.42. The Morgan fingerprint density at radius 2 is 0.889 bits per heavy atom. The third kappa shape index (κ3) is 4.14. The number of rotatable bonds is 0. The first kappa shape index (κ1) is 18.6. The summed E-state index contributed by atoms with van der Waals surface area (Å²) in [5, 5.41) is 0. The van der Waals surface area contributed by atoms with Gasteiger partial charge in [-0.3, -0.25) is 6.79 Å². The van der Waals surface area contributed by atoms with Gasteiger partial charge >= 0.3 is 0 Å². The summed E-state index contributed by atoms with van der Waals surface area (Å²) in [7, 11) is 0. The van der Waals surface area contributed by atoms with Crippen molar-refractivity contribution < 1.29 is 21.9 Å². The summed E-state index contributed by atoms with van der Waals surface area (Å²) in [4.78, 5) is 23.8. The van der Waals surface area contributed by atoms with Crippen molar-refractivity contribution in [1.82, 2.24) is 19.9 Å². The Labute approximate surface area is 166 Å². The molecule has 0 spiro atoms. The summed E-state index contributed by atoms with van der Waals surface area (Å²) in [6.45, 7) is 3.25. The van der Waals surface area contributed by atoms with E-state index in [-0.39, 0.29) is 17.1 Å². The first-order valence-corrected chi connectivity index (χ1v) is 8.08. The molecule has 0 aromatic carbocycles. The zero-order valence-corrected chi connectivity index (χ0v) is 15.3. The van der Waals surface area contributed by atoms with E-state index in [0.717, 1.165) is 44.8 Å². The van der Waals surface area contributed by atoms with Crippen LogP contribution < -0.4 is 0 Å². The van der Waals surface area contributed by atoms with E-state index in [9.17, 15) is 0 Å². The Bertz CT molecular complexity index is 1100. The van der Waals surface area contributed by atoms with Gasteiger partial charge < -0.3 is 14.8 Å². The molecule has 2 N–H and O–H groups in total. The van der Waals surface area contributed by atoms with E-state index in [1.165, 1.54) is 0 Å². The zero-order valence-electron chi connectivity index (χ0n) is 14.2. The Morgan fingerprint density at radius 1 is 0.556 bits per heavy atom. The van der Waals surface area contributed by atoms with Gasteiger partial charge in [-0.1, -0.05) is 0 Å². The number of aromatic nitrogens is 4. The van der Waals surface area contributed by atoms with Gasteiger partial charge in [0.1, 0.15) is 0 Å². The fourth-order valence-corrected chi connectivity index (χ4v) is 2.94. The molecule has 0 unspecified atom stereocenters. The molecule has 6 heteroatoms. The van der Waals surface area contributed by atoms with E-state index in [4.69, 9.17) is 4.79 Å². The van der Waals surface area contributed by atoms with E-state index in [1.54, 1.807) is 0 Å². The molecule has 0 fully saturated rings. The van der Waals surface area contributed by atoms with Crippen molar-refractivity contribution >= 4 is 53.2 Å². The average molecular weight is 395 g/mol. The fraction of sp³-hybridized carbons (Fsp3) is 0. The van der Waals surface area contributed by atoms with Crippen molar-refractivity contribution in [2.75, 3.05) is 0 Å². The van der Waals surface area contributed by atoms with Gasteiger partial charge in [0.15, 0.2) is 0 Å². The number of fused-ring (bicyclic) bond motifs is 8. The van der Waals surface area contributed by atoms with Gasteiger partial charge in [-0.15, -0.1) is 0 Å². The van der Waals surface area contributed by atoms with Gasteiger partial charge in [0.05, 0.1) is 22.8 Å². The molecule has 0 saturated heterocycles. The monoisotopic (exact) mass is 395 g/mol. The number of aromatic amines is 2. The van der Waals surface area contributed by atoms with E-state index < -0.39 is 0 Å². The van der Waals surface area contributed by atoms with Crippen LogP contribution in [-0.2, 0) is 21.9 Å². The smallest absolute Gasteiger partial charge is 0.0659 e. The summed E-state index contributed by atoms with van der Waals surface area (Å²) in [5.74, 6) is 0. The second-order valence-electron chi connectivity index (χ2n) is 5.91. The second kappa shape index (κ2) is 7.99. The number of nitrogens with one attached hydrogen (secondary N) is 2. The molecule has 0 saturated carbocycles. The predicted molar refractivity (Wildman–Crippen MR) is 106 cm³/mol. The molecule has 0 atom stereocenters. The third-order valence-electron chi connectivity index (χ3n) is 4.04. The molecular formula is C21H15FeN4O-. The molecule has 5 heterocycles. The van der Waals surface area contributed by atoms with Crippen LogP contribution >= 0.6 is 0 Å². The van der Waals surface area contributed by atoms with Gasteiger partial charge in [-0.05, 0) is 72.8 Å². The minimum absolute atomic E-state index is 0. The Balaban J connectivity index is 0.000000680. The molecule has 0 radical (unpaired) electrons. The minimum atomic E-state index is 0. The summed E-state index contributed by atoms with van der Waals surface area (Å²) >= 11 is 0. The fourth-order valence-electron chi connectivity index (χ4n) is 2.94. The van der Waals surface area contributed by atoms with Crippen LogP contribution in [0.5, 0.6) is 0 Å². The molecule has 27 heavy (non-hydrogen) atoms. The standard InChI is InChI=1S/C20H14N4.CHO.Fe/c1-2-14-10-16-5-6-18(23-16)12-20-8-7-19(24-20)11-17-4-3-15(22-17)9-13(1)21-14;1-2;/h1-12,21-22H;1H;/q;-1;. The summed E-state index contributed by atoms with van der Waals surface area (Å²) in [6.07, 6.45) is 8.05. The van der Waals surface area contributed by atoms with Crippen molar-refractivity contribution in [3.8, 4) is 0 Å². The summed E-state index contributed by atoms with van der Waals surface area (Å²) in [6, 6.07) is 16.4. The Hall–Kier alpha value is -3.21. The van der Waals surface area contributed by atoms with Gasteiger partial charge in [0.25, 0.3) is 0 Å². The van der Waals surface area contributed by atoms with Crippen LogP contribution in [0.25, 0.3) is 46.4 Å². The molecule has 0 aliphatic carbocycles. The van der Waals surface area contributed by atoms with Gasteiger partial charge in [-0.25, -0.2) is 9.97 Å². The Kier molecular flexibility index (Phi) is 5.50. The molecule has 2 aliphatic rings. The quantitative estimate of drug-likeness (QED) is 0.232. The van der Waals surface area contributed by atoms with E-state index in [0.29, 0.717) is 0 Å². The van der Waals surface area contributed by atoms with E-state index >= 15 is 0 Å². The molecule has 0 amide bonds. The van der Waals surface area contributed by atoms with Crippen LogP contribution in [0.2, 0.25) is 0 Å². The van der Waals surface area contributed by atoms with Crippen molar-refractivity contribution in [3.63, 3.8) is 0 Å². The van der Waals surface area contributed by atoms with Crippen molar-refractivity contribution in [3.05, 3.63) is 71.3 Å². The normalized spacial score (nSPS) is 11.4. The SMILES string of the molecule is C1=Cc2cc3ccc(cc4ccc(cc5nc(cc1n2)C=C5)[nH]4)[nH]3.[CH-]=O.[Fe]. The van der Waals surface area contributed by atoms with Crippen LogP contribution in [0.3, 0.4) is 0 Å². The van der Waals surface area contributed by atoms with E-state index in [1.807, 2.05) is 42.5 Å². The molecule has 134 valence electrons. The van der Waals surface area contributed by atoms with Gasteiger partial charge in [-0.2, -0.15) is 0 Å². The molecule has 3 aromatic rings.